The largest absolute Gasteiger partial charge is 0.477 e. The van der Waals surface area contributed by atoms with E-state index in [0.29, 0.717) is 29.7 Å². The van der Waals surface area contributed by atoms with E-state index >= 15 is 0 Å². The number of esters is 1. The molecule has 3 aliphatic heterocycles. The van der Waals surface area contributed by atoms with E-state index in [-0.39, 0.29) is 68.5 Å². The topological polar surface area (TPSA) is 289 Å². The quantitative estimate of drug-likeness (QED) is 0.0161. The van der Waals surface area contributed by atoms with Gasteiger partial charge in [0.05, 0.1) is 43.4 Å². The molecule has 8 atom stereocenters. The summed E-state index contributed by atoms with van der Waals surface area (Å²) in [5.74, 6) is -6.76. The molecule has 1 aliphatic carbocycles. The molecule has 19 nitrogen and oxygen atoms in total. The zero-order valence-corrected chi connectivity index (χ0v) is 30.2. The van der Waals surface area contributed by atoms with Crippen LogP contribution in [-0.2, 0) is 33.3 Å². The van der Waals surface area contributed by atoms with Crippen LogP contribution in [0.5, 0.6) is 0 Å². The van der Waals surface area contributed by atoms with Gasteiger partial charge in [0.1, 0.15) is 43.2 Å². The first-order chi connectivity index (χ1) is 25.9. The first-order valence-electron chi connectivity index (χ1n) is 17.9. The zero-order chi connectivity index (χ0) is 39.4. The monoisotopic (exact) mass is 768 g/mol. The lowest BCUT2D eigenvalue weighted by atomic mass is 9.83. The second-order valence-electron chi connectivity index (χ2n) is 13.3. The Kier molecular flexibility index (Phi) is 16.1. The van der Waals surface area contributed by atoms with Crippen LogP contribution in [0.1, 0.15) is 32.1 Å². The highest BCUT2D eigenvalue weighted by atomic mass is 16.8. The summed E-state index contributed by atoms with van der Waals surface area (Å²) in [6.07, 6.45) is 2.42. The molecule has 0 aromatic rings. The normalized spacial score (nSPS) is 30.5. The molecule has 19 heteroatoms. The first-order valence-corrected chi connectivity index (χ1v) is 17.9. The highest BCUT2D eigenvalue weighted by Crippen LogP contribution is 2.39. The number of nitrogens with zero attached hydrogens (tertiary/aromatic N) is 1. The predicted molar refractivity (Wildman–Crippen MR) is 188 cm³/mol. The number of carboxylic acid groups (broad SMARTS) is 1. The van der Waals surface area contributed by atoms with E-state index in [2.05, 4.69) is 22.2 Å². The van der Waals surface area contributed by atoms with Gasteiger partial charge in [-0.3, -0.25) is 10.3 Å². The molecule has 302 valence electrons. The van der Waals surface area contributed by atoms with Crippen LogP contribution in [0.25, 0.3) is 0 Å². The van der Waals surface area contributed by atoms with E-state index in [1.165, 1.54) is 25.6 Å². The van der Waals surface area contributed by atoms with Gasteiger partial charge in [-0.25, -0.2) is 9.59 Å². The summed E-state index contributed by atoms with van der Waals surface area (Å²) < 4.78 is 29.1. The Balaban J connectivity index is 1.76. The number of quaternary nitrogens is 1. The summed E-state index contributed by atoms with van der Waals surface area (Å²) in [4.78, 5) is 31.0. The van der Waals surface area contributed by atoms with Gasteiger partial charge in [-0.05, 0) is 39.2 Å². The average molecular weight is 769 g/mol. The number of allylic oxidation sites excluding steroid dienone is 1. The minimum atomic E-state index is -2.94. The van der Waals surface area contributed by atoms with E-state index in [0.717, 1.165) is 12.8 Å². The van der Waals surface area contributed by atoms with Gasteiger partial charge in [0.2, 0.25) is 12.1 Å². The second kappa shape index (κ2) is 20.3. The maximum atomic E-state index is 13.7. The number of rotatable bonds is 18. The van der Waals surface area contributed by atoms with Crippen LogP contribution in [0, 0.1) is 11.8 Å². The van der Waals surface area contributed by atoms with E-state index in [1.54, 1.807) is 12.2 Å². The van der Waals surface area contributed by atoms with E-state index in [4.69, 9.17) is 34.5 Å². The Bertz CT molecular complexity index is 1460. The van der Waals surface area contributed by atoms with Gasteiger partial charge in [-0.1, -0.05) is 18.2 Å². The summed E-state index contributed by atoms with van der Waals surface area (Å²) in [5.41, 5.74) is 6.59. The van der Waals surface area contributed by atoms with Crippen LogP contribution in [-0.4, -0.2) is 150 Å². The summed E-state index contributed by atoms with van der Waals surface area (Å²) in [6.45, 7) is 3.13. The molecular weight excluding hydrogens is 714 g/mol. The maximum absolute atomic E-state index is 13.7. The minimum Gasteiger partial charge on any atom is -0.477 e. The van der Waals surface area contributed by atoms with Crippen LogP contribution in [0.3, 0.4) is 0 Å². The highest BCUT2D eigenvalue weighted by Gasteiger charge is 2.57. The van der Waals surface area contributed by atoms with Crippen molar-refractivity contribution in [1.82, 2.24) is 10.6 Å². The van der Waals surface area contributed by atoms with Crippen molar-refractivity contribution in [2.75, 3.05) is 53.2 Å². The third-order valence-corrected chi connectivity index (χ3v) is 9.49. The molecule has 1 saturated heterocycles. The van der Waals surface area contributed by atoms with Crippen molar-refractivity contribution < 1.29 is 73.9 Å². The minimum absolute atomic E-state index is 0.0855. The number of carboxylic acids is 1. The SMILES string of the molecule is C=C[C@H]1[C@H](O[C@@H]2O[C@H](CO)[C@@H](O)C(O)(O)[C@H]2OCNC)OC=C(C(=O)OC2CCCC2)[C@H]1/C=C/C1=C(NC(N)=NCCCO)C(C(=O)O)=C[NH+](CCO)C1. The van der Waals surface area contributed by atoms with Gasteiger partial charge >= 0.3 is 11.9 Å². The van der Waals surface area contributed by atoms with Crippen molar-refractivity contribution in [2.45, 2.75) is 74.9 Å². The Morgan fingerprint density at radius 1 is 1.19 bits per heavy atom. The summed E-state index contributed by atoms with van der Waals surface area (Å²) in [7, 11) is 1.54. The number of nitrogens with one attached hydrogen (secondary N) is 3. The molecule has 0 amide bonds. The second-order valence-corrected chi connectivity index (χ2v) is 13.3. The van der Waals surface area contributed by atoms with Crippen molar-refractivity contribution in [3.8, 4) is 0 Å². The van der Waals surface area contributed by atoms with Crippen molar-refractivity contribution in [1.29, 1.82) is 0 Å². The number of aliphatic hydroxyl groups is 6. The van der Waals surface area contributed by atoms with Gasteiger partial charge < -0.3 is 75.4 Å². The number of hydrogen-bond acceptors (Lipinski definition) is 15. The number of carbonyl (C=O) groups is 2. The van der Waals surface area contributed by atoms with Crippen LogP contribution in [0.15, 0.2) is 64.7 Å². The van der Waals surface area contributed by atoms with Crippen LogP contribution in [0.2, 0.25) is 0 Å². The molecule has 0 aromatic heterocycles. The Morgan fingerprint density at radius 3 is 2.56 bits per heavy atom. The number of aliphatic carboxylic acids is 1. The van der Waals surface area contributed by atoms with Gasteiger partial charge in [0.25, 0.3) is 0 Å². The lowest BCUT2D eigenvalue weighted by Gasteiger charge is -2.47. The molecule has 2 fully saturated rings. The van der Waals surface area contributed by atoms with E-state index in [9.17, 15) is 40.2 Å². The van der Waals surface area contributed by atoms with Crippen LogP contribution in [0.4, 0.5) is 0 Å². The summed E-state index contributed by atoms with van der Waals surface area (Å²) >= 11 is 0. The third-order valence-electron chi connectivity index (χ3n) is 9.49. The number of ether oxygens (including phenoxy) is 5. The molecule has 3 heterocycles. The summed E-state index contributed by atoms with van der Waals surface area (Å²) in [6, 6.07) is 0. The molecular formula is C35H54N5O14+. The molecule has 4 rings (SSSR count). The number of hydrogen-bond donors (Lipinski definition) is 11. The van der Waals surface area contributed by atoms with Crippen molar-refractivity contribution in [3.05, 3.63) is 59.7 Å². The Hall–Kier alpha value is -3.73. The lowest BCUT2D eigenvalue weighted by Crippen LogP contribution is -3.09. The molecule has 0 radical (unpaired) electrons. The number of guanidine groups is 1. The van der Waals surface area contributed by atoms with E-state index < -0.39 is 67.1 Å². The Labute approximate surface area is 312 Å². The Morgan fingerprint density at radius 2 is 1.93 bits per heavy atom. The smallest absolute Gasteiger partial charge is 0.343 e. The first kappa shape index (κ1) is 43.0. The summed E-state index contributed by atoms with van der Waals surface area (Å²) in [5, 5.41) is 76.7. The fourth-order valence-electron chi connectivity index (χ4n) is 6.68. The van der Waals surface area contributed by atoms with Gasteiger partial charge in [0, 0.05) is 24.6 Å². The molecule has 4 aliphatic rings. The van der Waals surface area contributed by atoms with Crippen molar-refractivity contribution >= 4 is 17.9 Å². The van der Waals surface area contributed by atoms with Crippen molar-refractivity contribution in [2.24, 2.45) is 22.6 Å². The molecule has 0 aromatic carbocycles. The molecule has 1 unspecified atom stereocenters. The van der Waals surface area contributed by atoms with Gasteiger partial charge in [-0.15, -0.1) is 6.58 Å². The van der Waals surface area contributed by atoms with Gasteiger partial charge in [-0.2, -0.15) is 0 Å². The average Bonchev–Trinajstić information content (AvgIpc) is 3.65. The third kappa shape index (κ3) is 10.5. The molecule has 0 spiro atoms. The fraction of sp³-hybridized carbons (Fsp3) is 0.629. The lowest BCUT2D eigenvalue weighted by molar-refractivity contribution is -0.843. The maximum Gasteiger partial charge on any atom is 0.343 e. The number of carbonyl (C=O) groups excluding carboxylic acids is 1. The number of aliphatic hydroxyl groups excluding tert-OH is 4. The van der Waals surface area contributed by atoms with Crippen molar-refractivity contribution in [3.63, 3.8) is 0 Å². The predicted octanol–water partition coefficient (Wildman–Crippen LogP) is -3.58. The molecule has 1 saturated carbocycles. The van der Waals surface area contributed by atoms with Gasteiger partial charge in [0.15, 0.2) is 18.4 Å². The van der Waals surface area contributed by atoms with Crippen LogP contribution < -0.4 is 21.3 Å². The zero-order valence-electron chi connectivity index (χ0n) is 30.2. The standard InChI is InChI=1S/C35H53N5O14/c1-3-22-23(10-9-20-15-40(12-14-42)16-24(30(45)46)27(20)39-34(36)38-11-6-13-41)25(31(47)52-21-7-4-5-8-21)18-50-32(22)54-33-29(51-19-37-2)35(48,49)28(44)26(17-43)53-33/h3,9-10,16,18,21-23,26,28-29,32-33,37,41-44,48-49H,1,4-8,11-15,17,19H2,2H3,(H,45,46)(H3,36,38,39)/p+1/b10-9+/t22-,23+,26-,28-,29+,32+,33+/m1/s1. The molecule has 0 bridgehead atoms. The van der Waals surface area contributed by atoms with E-state index in [1.807, 2.05) is 0 Å². The van der Waals surface area contributed by atoms with Crippen LogP contribution >= 0.6 is 0 Å². The highest BCUT2D eigenvalue weighted by molar-refractivity contribution is 5.94. The number of nitrogens with two attached hydrogens (primary N) is 1. The fourth-order valence-corrected chi connectivity index (χ4v) is 6.68. The molecule has 54 heavy (non-hydrogen) atoms. The number of aliphatic imine (C=N–C) groups is 1. The molecule has 12 N–H and O–H groups in total.